The van der Waals surface area contributed by atoms with Crippen LogP contribution >= 0.6 is 0 Å². The van der Waals surface area contributed by atoms with Crippen molar-refractivity contribution in [1.82, 2.24) is 5.32 Å². The van der Waals surface area contributed by atoms with Crippen molar-refractivity contribution >= 4 is 11.7 Å². The van der Waals surface area contributed by atoms with Crippen LogP contribution in [0, 0.1) is 61.6 Å². The van der Waals surface area contributed by atoms with Gasteiger partial charge in [-0.15, -0.1) is 0 Å². The van der Waals surface area contributed by atoms with Crippen molar-refractivity contribution in [2.75, 3.05) is 6.54 Å². The Morgan fingerprint density at radius 3 is 2.44 bits per heavy atom. The number of ketones is 1. The molecule has 1 amide bonds. The molecule has 1 saturated heterocycles. The molecule has 9 atom stereocenters. The van der Waals surface area contributed by atoms with Gasteiger partial charge in [-0.25, -0.2) is 0 Å². The molecule has 6 aliphatic rings. The predicted octanol–water partition coefficient (Wildman–Crippen LogP) is 6.54. The van der Waals surface area contributed by atoms with Crippen LogP contribution in [0.2, 0.25) is 0 Å². The zero-order chi connectivity index (χ0) is 28.4. The normalized spacial score (nSPS) is 48.8. The van der Waals surface area contributed by atoms with Crippen LogP contribution in [0.15, 0.2) is 23.3 Å². The van der Waals surface area contributed by atoms with Crippen molar-refractivity contribution in [2.45, 2.75) is 113 Å². The van der Waals surface area contributed by atoms with E-state index in [1.807, 2.05) is 13.0 Å². The minimum absolute atomic E-state index is 0.0104. The quantitative estimate of drug-likeness (QED) is 0.323. The highest BCUT2D eigenvalue weighted by Crippen LogP contribution is 2.75. The Morgan fingerprint density at radius 2 is 1.77 bits per heavy atom. The number of carbonyl (C=O) groups is 2. The van der Waals surface area contributed by atoms with Crippen molar-refractivity contribution < 1.29 is 14.3 Å². The summed E-state index contributed by atoms with van der Waals surface area (Å²) in [5, 5.41) is 13.2. The smallest absolute Gasteiger partial charge is 0.226 e. The largest absolute Gasteiger partial charge is 0.365 e. The summed E-state index contributed by atoms with van der Waals surface area (Å²) in [5.41, 5.74) is 0.500. The maximum Gasteiger partial charge on any atom is 0.226 e. The molecule has 39 heavy (non-hydrogen) atoms. The van der Waals surface area contributed by atoms with E-state index in [9.17, 15) is 14.9 Å². The average Bonchev–Trinajstić information content (AvgIpc) is 3.62. The lowest BCUT2D eigenvalue weighted by molar-refractivity contribution is -0.174. The van der Waals surface area contributed by atoms with E-state index in [0.717, 1.165) is 44.9 Å². The van der Waals surface area contributed by atoms with E-state index in [1.54, 1.807) is 0 Å². The summed E-state index contributed by atoms with van der Waals surface area (Å²) in [7, 11) is 0. The van der Waals surface area contributed by atoms with Gasteiger partial charge < -0.3 is 10.1 Å². The second kappa shape index (κ2) is 8.09. The first-order valence-electron chi connectivity index (χ1n) is 15.5. The van der Waals surface area contributed by atoms with Gasteiger partial charge in [0, 0.05) is 17.4 Å². The van der Waals surface area contributed by atoms with E-state index in [2.05, 4.69) is 65.9 Å². The van der Waals surface area contributed by atoms with E-state index in [0.29, 0.717) is 18.0 Å². The second-order valence-electron chi connectivity index (χ2n) is 16.0. The van der Waals surface area contributed by atoms with Gasteiger partial charge in [-0.2, -0.15) is 5.26 Å². The summed E-state index contributed by atoms with van der Waals surface area (Å²) >= 11 is 0. The molecule has 1 aliphatic heterocycles. The van der Waals surface area contributed by atoms with E-state index in [-0.39, 0.29) is 62.8 Å². The van der Waals surface area contributed by atoms with Crippen LogP contribution in [0.4, 0.5) is 0 Å². The molecule has 5 heteroatoms. The summed E-state index contributed by atoms with van der Waals surface area (Å²) in [4.78, 5) is 27.2. The van der Waals surface area contributed by atoms with Crippen LogP contribution < -0.4 is 5.32 Å². The fourth-order valence-electron chi connectivity index (χ4n) is 11.1. The summed E-state index contributed by atoms with van der Waals surface area (Å²) < 4.78 is 6.58. The molecule has 5 aliphatic carbocycles. The molecule has 0 aromatic carbocycles. The molecule has 1 heterocycles. The second-order valence-corrected chi connectivity index (χ2v) is 16.0. The number of epoxide rings is 1. The van der Waals surface area contributed by atoms with Gasteiger partial charge in [-0.3, -0.25) is 9.59 Å². The summed E-state index contributed by atoms with van der Waals surface area (Å²) in [5.74, 6) is 0.986. The van der Waals surface area contributed by atoms with Crippen LogP contribution in [0.25, 0.3) is 0 Å². The molecule has 3 saturated carbocycles. The number of ether oxygens (including phenoxy) is 1. The first-order chi connectivity index (χ1) is 18.1. The standard InChI is InChI=1S/C34H48N2O3/c1-9-36-28(38)34-14-12-29(2,3)18-21(34)25-26-22(39-26)16-24-31(6)17-20(19-35)27(37)30(4,5)23(31)10-11-32(24,7)33(25,8)13-15-34/h16-17,21-23,25-26H,9-15,18H2,1-8H3,(H,36,38)/t21-,22?,23?,25+,26?,31+,32-,33-,34+/m1/s1. The monoisotopic (exact) mass is 532 g/mol. The van der Waals surface area contributed by atoms with Crippen molar-refractivity contribution in [3.63, 3.8) is 0 Å². The number of nitrogens with zero attached hydrogens (tertiary/aromatic N) is 1. The zero-order valence-electron chi connectivity index (χ0n) is 25.4. The van der Waals surface area contributed by atoms with Gasteiger partial charge in [0.2, 0.25) is 5.91 Å². The number of fused-ring (bicyclic) bond motifs is 9. The van der Waals surface area contributed by atoms with Crippen LogP contribution in [0.5, 0.6) is 0 Å². The SMILES string of the molecule is CCNC(=O)[C@]12CCC(C)(C)C[C@@H]1[C@H]1C3OC3C=C3[C@@]4(C)C=C(C#N)C(=O)C(C)(C)C4CC[C@@]3(C)[C@]1(C)CC2. The molecule has 3 unspecified atom stereocenters. The Hall–Kier alpha value is -1.93. The van der Waals surface area contributed by atoms with Gasteiger partial charge in [0.05, 0.1) is 17.1 Å². The van der Waals surface area contributed by atoms with E-state index >= 15 is 0 Å². The molecule has 0 spiro atoms. The molecule has 6 rings (SSSR count). The van der Waals surface area contributed by atoms with Crippen molar-refractivity contribution in [3.8, 4) is 6.07 Å². The number of nitrogens with one attached hydrogen (secondary N) is 1. The van der Waals surface area contributed by atoms with Crippen LogP contribution in [-0.4, -0.2) is 30.4 Å². The van der Waals surface area contributed by atoms with Crippen molar-refractivity contribution in [1.29, 1.82) is 5.26 Å². The van der Waals surface area contributed by atoms with Gasteiger partial charge in [-0.05, 0) is 85.9 Å². The molecular formula is C34H48N2O3. The number of hydrogen-bond acceptors (Lipinski definition) is 4. The lowest BCUT2D eigenvalue weighted by Crippen LogP contribution is -2.64. The van der Waals surface area contributed by atoms with Gasteiger partial charge in [0.25, 0.3) is 0 Å². The van der Waals surface area contributed by atoms with E-state index in [4.69, 9.17) is 4.74 Å². The highest BCUT2D eigenvalue weighted by Gasteiger charge is 2.73. The molecule has 0 radical (unpaired) electrons. The Labute approximate surface area is 235 Å². The topological polar surface area (TPSA) is 82.5 Å². The number of allylic oxidation sites excluding steroid dienone is 3. The minimum atomic E-state index is -0.583. The highest BCUT2D eigenvalue weighted by atomic mass is 16.6. The molecule has 0 aromatic heterocycles. The van der Waals surface area contributed by atoms with E-state index in [1.165, 1.54) is 5.57 Å². The maximum atomic E-state index is 13.9. The third kappa shape index (κ3) is 3.33. The molecular weight excluding hydrogens is 484 g/mol. The Bertz CT molecular complexity index is 1240. The molecule has 1 N–H and O–H groups in total. The first kappa shape index (κ1) is 27.3. The number of nitriles is 1. The van der Waals surface area contributed by atoms with Crippen LogP contribution in [0.3, 0.4) is 0 Å². The predicted molar refractivity (Wildman–Crippen MR) is 151 cm³/mol. The molecule has 4 fully saturated rings. The fraction of sp³-hybridized carbons (Fsp3) is 0.794. The van der Waals surface area contributed by atoms with E-state index < -0.39 is 5.41 Å². The summed E-state index contributed by atoms with van der Waals surface area (Å²) in [6.07, 6.45) is 11.7. The Morgan fingerprint density at radius 1 is 1.08 bits per heavy atom. The number of Topliss-reactive ketones (excluding diaryl/α,β-unsaturated/α-hetero) is 1. The third-order valence-electron chi connectivity index (χ3n) is 13.4. The minimum Gasteiger partial charge on any atom is -0.365 e. The molecule has 5 nitrogen and oxygen atoms in total. The third-order valence-corrected chi connectivity index (χ3v) is 13.4. The number of carbonyl (C=O) groups excluding carboxylic acids is 2. The summed E-state index contributed by atoms with van der Waals surface area (Å²) in [6, 6.07) is 2.26. The number of rotatable bonds is 2. The lowest BCUT2D eigenvalue weighted by atomic mass is 9.36. The van der Waals surface area contributed by atoms with Crippen molar-refractivity contribution in [2.24, 2.45) is 50.2 Å². The van der Waals surface area contributed by atoms with Gasteiger partial charge >= 0.3 is 0 Å². The number of hydrogen-bond donors (Lipinski definition) is 1. The van der Waals surface area contributed by atoms with Gasteiger partial charge in [-0.1, -0.05) is 66.2 Å². The molecule has 0 aromatic rings. The lowest BCUT2D eigenvalue weighted by Gasteiger charge is -2.67. The zero-order valence-corrected chi connectivity index (χ0v) is 25.4. The fourth-order valence-corrected chi connectivity index (χ4v) is 11.1. The number of amides is 1. The highest BCUT2D eigenvalue weighted by molar-refractivity contribution is 6.04. The van der Waals surface area contributed by atoms with Crippen LogP contribution in [-0.2, 0) is 14.3 Å². The Kier molecular flexibility index (Phi) is 5.65. The van der Waals surface area contributed by atoms with Gasteiger partial charge in [0.15, 0.2) is 5.78 Å². The van der Waals surface area contributed by atoms with Crippen molar-refractivity contribution in [3.05, 3.63) is 23.3 Å². The first-order valence-corrected chi connectivity index (χ1v) is 15.5. The molecule has 0 bridgehead atoms. The van der Waals surface area contributed by atoms with Crippen LogP contribution in [0.1, 0.15) is 100 Å². The molecule has 212 valence electrons. The van der Waals surface area contributed by atoms with Gasteiger partial charge in [0.1, 0.15) is 12.2 Å². The average molecular weight is 533 g/mol. The maximum absolute atomic E-state index is 13.9. The Balaban J connectivity index is 1.51. The summed E-state index contributed by atoms with van der Waals surface area (Å²) in [6.45, 7) is 18.9.